The van der Waals surface area contributed by atoms with Gasteiger partial charge in [0.05, 0.1) is 11.2 Å². The standard InChI is InChI=1S/C18H20FN3O2S/c1-21(2)11-16-14-10-12(8-9-17(14)22(3)20-16)13-6-5-7-15(19)18(13)24-25(4)23/h5-10H,11H2,1-4H3. The molecule has 3 rings (SSSR count). The Morgan fingerprint density at radius 1 is 1.28 bits per heavy atom. The molecule has 1 aromatic heterocycles. The Morgan fingerprint density at radius 2 is 2.04 bits per heavy atom. The van der Waals surface area contributed by atoms with Gasteiger partial charge in [-0.3, -0.25) is 4.68 Å². The fourth-order valence-corrected chi connectivity index (χ4v) is 3.26. The molecule has 0 aliphatic heterocycles. The molecule has 0 spiro atoms. The van der Waals surface area contributed by atoms with Crippen molar-refractivity contribution in [1.82, 2.24) is 14.7 Å². The van der Waals surface area contributed by atoms with Crippen LogP contribution in [0.1, 0.15) is 5.69 Å². The highest BCUT2D eigenvalue weighted by Crippen LogP contribution is 2.35. The van der Waals surface area contributed by atoms with Gasteiger partial charge in [0.15, 0.2) is 11.6 Å². The van der Waals surface area contributed by atoms with Crippen molar-refractivity contribution in [2.75, 3.05) is 20.4 Å². The minimum Gasteiger partial charge on any atom is -0.397 e. The van der Waals surface area contributed by atoms with Gasteiger partial charge in [0.1, 0.15) is 0 Å². The zero-order valence-corrected chi connectivity index (χ0v) is 15.4. The largest absolute Gasteiger partial charge is 0.397 e. The van der Waals surface area contributed by atoms with Crippen LogP contribution in [0.25, 0.3) is 22.0 Å². The first-order valence-electron chi connectivity index (χ1n) is 7.78. The lowest BCUT2D eigenvalue weighted by molar-refractivity contribution is 0.396. The Labute approximate surface area is 148 Å². The smallest absolute Gasteiger partial charge is 0.203 e. The van der Waals surface area contributed by atoms with Crippen LogP contribution < -0.4 is 4.18 Å². The maximum absolute atomic E-state index is 14.2. The van der Waals surface area contributed by atoms with Crippen molar-refractivity contribution in [1.29, 1.82) is 0 Å². The van der Waals surface area contributed by atoms with Crippen LogP contribution in [-0.4, -0.2) is 39.2 Å². The molecule has 7 heteroatoms. The zero-order valence-electron chi connectivity index (χ0n) is 14.6. The predicted octanol–water partition coefficient (Wildman–Crippen LogP) is 3.11. The van der Waals surface area contributed by atoms with Gasteiger partial charge in [0.25, 0.3) is 0 Å². The third-order valence-corrected chi connectivity index (χ3v) is 4.27. The van der Waals surface area contributed by atoms with Crippen molar-refractivity contribution >= 4 is 22.0 Å². The van der Waals surface area contributed by atoms with Gasteiger partial charge in [-0.1, -0.05) is 18.2 Å². The van der Waals surface area contributed by atoms with Gasteiger partial charge in [0.2, 0.25) is 11.1 Å². The molecular formula is C18H20FN3O2S. The number of aryl methyl sites for hydroxylation is 1. The van der Waals surface area contributed by atoms with E-state index in [4.69, 9.17) is 4.18 Å². The van der Waals surface area contributed by atoms with Crippen molar-refractivity contribution in [2.24, 2.45) is 7.05 Å². The average molecular weight is 361 g/mol. The lowest BCUT2D eigenvalue weighted by atomic mass is 10.0. The summed E-state index contributed by atoms with van der Waals surface area (Å²) in [5.74, 6) is -0.534. The van der Waals surface area contributed by atoms with E-state index in [1.165, 1.54) is 12.3 Å². The van der Waals surface area contributed by atoms with Crippen molar-refractivity contribution in [3.63, 3.8) is 0 Å². The number of benzene rings is 2. The van der Waals surface area contributed by atoms with E-state index in [-0.39, 0.29) is 5.75 Å². The fourth-order valence-electron chi connectivity index (χ4n) is 2.86. The lowest BCUT2D eigenvalue weighted by Gasteiger charge is -2.11. The summed E-state index contributed by atoms with van der Waals surface area (Å²) in [5, 5.41) is 5.58. The van der Waals surface area contributed by atoms with Gasteiger partial charge in [-0.15, -0.1) is 0 Å². The second-order valence-electron chi connectivity index (χ2n) is 6.14. The molecule has 132 valence electrons. The lowest BCUT2D eigenvalue weighted by Crippen LogP contribution is -2.11. The van der Waals surface area contributed by atoms with Crippen LogP contribution in [0.4, 0.5) is 4.39 Å². The molecule has 0 amide bonds. The number of halogens is 1. The number of nitrogens with zero attached hydrogens (tertiary/aromatic N) is 3. The maximum atomic E-state index is 14.2. The first-order valence-corrected chi connectivity index (χ1v) is 9.26. The van der Waals surface area contributed by atoms with Gasteiger partial charge in [-0.05, 0) is 37.9 Å². The van der Waals surface area contributed by atoms with Crippen LogP contribution in [0.3, 0.4) is 0 Å². The molecule has 2 aromatic carbocycles. The molecular weight excluding hydrogens is 341 g/mol. The topological polar surface area (TPSA) is 47.4 Å². The number of aromatic nitrogens is 2. The molecule has 0 N–H and O–H groups in total. The quantitative estimate of drug-likeness (QED) is 0.701. The summed E-state index contributed by atoms with van der Waals surface area (Å²) in [4.78, 5) is 2.05. The molecule has 25 heavy (non-hydrogen) atoms. The molecule has 3 aromatic rings. The average Bonchev–Trinajstić information content (AvgIpc) is 2.84. The third kappa shape index (κ3) is 3.57. The third-order valence-electron chi connectivity index (χ3n) is 3.87. The van der Waals surface area contributed by atoms with Gasteiger partial charge >= 0.3 is 0 Å². The number of rotatable bonds is 5. The van der Waals surface area contributed by atoms with E-state index >= 15 is 0 Å². The summed E-state index contributed by atoms with van der Waals surface area (Å²) in [6.45, 7) is 0.701. The summed E-state index contributed by atoms with van der Waals surface area (Å²) in [6, 6.07) is 10.5. The van der Waals surface area contributed by atoms with E-state index in [0.717, 1.165) is 22.2 Å². The normalized spacial score (nSPS) is 12.7. The van der Waals surface area contributed by atoms with E-state index in [1.807, 2.05) is 48.9 Å². The van der Waals surface area contributed by atoms with Crippen molar-refractivity contribution in [2.45, 2.75) is 6.54 Å². The molecule has 1 atom stereocenters. The first-order chi connectivity index (χ1) is 11.9. The highest BCUT2D eigenvalue weighted by Gasteiger charge is 2.16. The Kier molecular flexibility index (Phi) is 4.87. The van der Waals surface area contributed by atoms with Crippen LogP contribution in [0.5, 0.6) is 5.75 Å². The molecule has 0 saturated carbocycles. The Hall–Kier alpha value is -2.25. The van der Waals surface area contributed by atoms with E-state index in [1.54, 1.807) is 12.1 Å². The molecule has 0 aliphatic carbocycles. The molecule has 0 aliphatic rings. The molecule has 1 unspecified atom stereocenters. The Bertz CT molecular complexity index is 953. The minimum atomic E-state index is -1.61. The van der Waals surface area contributed by atoms with Gasteiger partial charge in [-0.2, -0.15) is 5.10 Å². The van der Waals surface area contributed by atoms with Crippen molar-refractivity contribution in [3.05, 3.63) is 47.9 Å². The Morgan fingerprint density at radius 3 is 2.72 bits per heavy atom. The fraction of sp³-hybridized carbons (Fsp3) is 0.278. The minimum absolute atomic E-state index is 0.000679. The van der Waals surface area contributed by atoms with Crippen LogP contribution >= 0.6 is 0 Å². The van der Waals surface area contributed by atoms with Crippen LogP contribution in [-0.2, 0) is 24.7 Å². The number of fused-ring (bicyclic) bond motifs is 1. The monoisotopic (exact) mass is 361 g/mol. The Balaban J connectivity index is 2.17. The van der Waals surface area contributed by atoms with Gasteiger partial charge in [0, 0.05) is 30.8 Å². The van der Waals surface area contributed by atoms with Crippen molar-refractivity contribution < 1.29 is 12.8 Å². The second-order valence-corrected chi connectivity index (χ2v) is 7.11. The number of hydrogen-bond acceptors (Lipinski definition) is 4. The SMILES string of the molecule is CN(C)Cc1nn(C)c2ccc(-c3cccc(F)c3OS(C)=O)cc12. The summed E-state index contributed by atoms with van der Waals surface area (Å²) >= 11 is -1.61. The van der Waals surface area contributed by atoms with E-state index < -0.39 is 16.9 Å². The van der Waals surface area contributed by atoms with E-state index in [9.17, 15) is 8.60 Å². The van der Waals surface area contributed by atoms with E-state index in [0.29, 0.717) is 12.1 Å². The number of hydrogen-bond donors (Lipinski definition) is 0. The highest BCUT2D eigenvalue weighted by molar-refractivity contribution is 7.79. The van der Waals surface area contributed by atoms with E-state index in [2.05, 4.69) is 5.10 Å². The summed E-state index contributed by atoms with van der Waals surface area (Å²) < 4.78 is 32.7. The summed E-state index contributed by atoms with van der Waals surface area (Å²) in [7, 11) is 5.87. The second kappa shape index (κ2) is 6.93. The summed E-state index contributed by atoms with van der Waals surface area (Å²) in [6.07, 6.45) is 1.37. The predicted molar refractivity (Wildman–Crippen MR) is 98.2 cm³/mol. The van der Waals surface area contributed by atoms with Crippen molar-refractivity contribution in [3.8, 4) is 16.9 Å². The molecule has 0 fully saturated rings. The van der Waals surface area contributed by atoms with Gasteiger partial charge < -0.3 is 9.08 Å². The molecule has 1 heterocycles. The first kappa shape index (κ1) is 17.6. The van der Waals surface area contributed by atoms with Crippen LogP contribution in [0, 0.1) is 5.82 Å². The highest BCUT2D eigenvalue weighted by atomic mass is 32.2. The molecule has 0 radical (unpaired) electrons. The summed E-state index contributed by atoms with van der Waals surface area (Å²) in [5.41, 5.74) is 3.30. The van der Waals surface area contributed by atoms with Gasteiger partial charge in [-0.25, -0.2) is 8.60 Å². The number of para-hydroxylation sites is 1. The molecule has 5 nitrogen and oxygen atoms in total. The van der Waals surface area contributed by atoms with Crippen LogP contribution in [0.2, 0.25) is 0 Å². The zero-order chi connectivity index (χ0) is 18.1. The maximum Gasteiger partial charge on any atom is 0.203 e. The molecule has 0 bridgehead atoms. The molecule has 0 saturated heterocycles. The van der Waals surface area contributed by atoms with Crippen LogP contribution in [0.15, 0.2) is 36.4 Å².